The van der Waals surface area contributed by atoms with Gasteiger partial charge >= 0.3 is 5.97 Å². The summed E-state index contributed by atoms with van der Waals surface area (Å²) >= 11 is 0. The predicted molar refractivity (Wildman–Crippen MR) is 66.2 cm³/mol. The van der Waals surface area contributed by atoms with Crippen molar-refractivity contribution in [3.63, 3.8) is 0 Å². The minimum atomic E-state index is -1.36. The molecule has 0 saturated heterocycles. The van der Waals surface area contributed by atoms with Gasteiger partial charge in [0.1, 0.15) is 8.07 Å². The molecular weight excluding hydrogens is 220 g/mol. The SMILES string of the molecule is COC(=O)C#CC[C@H](O)CC#C[Si](C)(C)C. The van der Waals surface area contributed by atoms with Gasteiger partial charge in [-0.05, 0) is 0 Å². The second-order valence-corrected chi connectivity index (χ2v) is 9.16. The molecule has 1 N–H and O–H groups in total. The summed E-state index contributed by atoms with van der Waals surface area (Å²) in [5.74, 6) is 7.18. The number of aliphatic hydroxyl groups excluding tert-OH is 1. The summed E-state index contributed by atoms with van der Waals surface area (Å²) in [4.78, 5) is 10.6. The highest BCUT2D eigenvalue weighted by atomic mass is 28.3. The normalized spacial score (nSPS) is 11.6. The van der Waals surface area contributed by atoms with Gasteiger partial charge in [-0.25, -0.2) is 4.79 Å². The van der Waals surface area contributed by atoms with Gasteiger partial charge in [0.15, 0.2) is 0 Å². The minimum Gasteiger partial charge on any atom is -0.459 e. The minimum absolute atomic E-state index is 0.246. The van der Waals surface area contributed by atoms with E-state index >= 15 is 0 Å². The van der Waals surface area contributed by atoms with Crippen LogP contribution in [0.25, 0.3) is 0 Å². The maximum atomic E-state index is 10.6. The number of hydrogen-bond donors (Lipinski definition) is 1. The van der Waals surface area contributed by atoms with E-state index in [1.165, 1.54) is 7.11 Å². The van der Waals surface area contributed by atoms with Gasteiger partial charge in [0.2, 0.25) is 0 Å². The van der Waals surface area contributed by atoms with Crippen molar-refractivity contribution >= 4 is 14.0 Å². The van der Waals surface area contributed by atoms with Gasteiger partial charge in [-0.1, -0.05) is 25.6 Å². The molecule has 0 aromatic carbocycles. The van der Waals surface area contributed by atoms with Crippen LogP contribution in [0.4, 0.5) is 0 Å². The molecule has 3 nitrogen and oxygen atoms in total. The van der Waals surface area contributed by atoms with E-state index in [4.69, 9.17) is 0 Å². The zero-order chi connectivity index (χ0) is 12.6. The van der Waals surface area contributed by atoms with Crippen LogP contribution in [-0.2, 0) is 9.53 Å². The number of hydrogen-bond acceptors (Lipinski definition) is 3. The lowest BCUT2D eigenvalue weighted by Crippen LogP contribution is -2.16. The van der Waals surface area contributed by atoms with E-state index in [-0.39, 0.29) is 6.42 Å². The number of esters is 1. The molecule has 0 rings (SSSR count). The molecule has 0 aromatic heterocycles. The number of aliphatic hydroxyl groups is 1. The molecule has 0 radical (unpaired) electrons. The summed E-state index contributed by atoms with van der Waals surface area (Å²) in [5, 5.41) is 9.49. The summed E-state index contributed by atoms with van der Waals surface area (Å²) in [7, 11) is -0.0906. The number of ether oxygens (including phenoxy) is 1. The first-order valence-corrected chi connectivity index (χ1v) is 8.60. The second-order valence-electron chi connectivity index (χ2n) is 4.41. The molecule has 16 heavy (non-hydrogen) atoms. The molecule has 0 fully saturated rings. The first kappa shape index (κ1) is 14.8. The first-order valence-electron chi connectivity index (χ1n) is 5.10. The highest BCUT2D eigenvalue weighted by molar-refractivity contribution is 6.83. The third-order valence-electron chi connectivity index (χ3n) is 1.51. The zero-order valence-corrected chi connectivity index (χ0v) is 11.3. The van der Waals surface area contributed by atoms with Crippen molar-refractivity contribution in [1.82, 2.24) is 0 Å². The Morgan fingerprint density at radius 3 is 2.38 bits per heavy atom. The molecule has 88 valence electrons. The van der Waals surface area contributed by atoms with E-state index in [9.17, 15) is 9.90 Å². The molecule has 4 heteroatoms. The van der Waals surface area contributed by atoms with E-state index in [2.05, 4.69) is 47.7 Å². The fourth-order valence-electron chi connectivity index (χ4n) is 0.798. The van der Waals surface area contributed by atoms with Gasteiger partial charge < -0.3 is 9.84 Å². The third kappa shape index (κ3) is 9.33. The molecule has 0 heterocycles. The highest BCUT2D eigenvalue weighted by Gasteiger charge is 2.07. The molecule has 0 unspecified atom stereocenters. The average Bonchev–Trinajstić information content (AvgIpc) is 2.15. The van der Waals surface area contributed by atoms with Crippen molar-refractivity contribution in [3.8, 4) is 23.3 Å². The molecule has 0 aromatic rings. The lowest BCUT2D eigenvalue weighted by atomic mass is 10.2. The molecule has 0 bridgehead atoms. The Labute approximate surface area is 98.2 Å². The molecule has 0 aliphatic heterocycles. The first-order chi connectivity index (χ1) is 7.35. The quantitative estimate of drug-likeness (QED) is 0.340. The van der Waals surface area contributed by atoms with Crippen LogP contribution in [0, 0.1) is 23.3 Å². The van der Waals surface area contributed by atoms with Crippen molar-refractivity contribution in [2.45, 2.75) is 38.6 Å². The second kappa shape index (κ2) is 7.11. The average molecular weight is 238 g/mol. The molecule has 0 amide bonds. The van der Waals surface area contributed by atoms with Crippen LogP contribution < -0.4 is 0 Å². The van der Waals surface area contributed by atoms with Crippen LogP contribution in [-0.4, -0.2) is 32.4 Å². The van der Waals surface area contributed by atoms with E-state index in [0.717, 1.165) is 0 Å². The van der Waals surface area contributed by atoms with E-state index in [0.29, 0.717) is 6.42 Å². The maximum absolute atomic E-state index is 10.6. The topological polar surface area (TPSA) is 46.5 Å². The van der Waals surface area contributed by atoms with Crippen molar-refractivity contribution in [2.24, 2.45) is 0 Å². The highest BCUT2D eigenvalue weighted by Crippen LogP contribution is 1.99. The van der Waals surface area contributed by atoms with Crippen molar-refractivity contribution < 1.29 is 14.6 Å². The number of carbonyl (C=O) groups excluding carboxylic acids is 1. The lowest BCUT2D eigenvalue weighted by molar-refractivity contribution is -0.133. The Hall–Kier alpha value is -1.23. The van der Waals surface area contributed by atoms with Gasteiger partial charge in [0.25, 0.3) is 0 Å². The van der Waals surface area contributed by atoms with Crippen LogP contribution >= 0.6 is 0 Å². The fourth-order valence-corrected chi connectivity index (χ4v) is 1.43. The van der Waals surface area contributed by atoms with Crippen LogP contribution in [0.15, 0.2) is 0 Å². The van der Waals surface area contributed by atoms with Crippen molar-refractivity contribution in [2.75, 3.05) is 7.11 Å². The third-order valence-corrected chi connectivity index (χ3v) is 2.44. The van der Waals surface area contributed by atoms with Gasteiger partial charge in [0.05, 0.1) is 13.2 Å². The maximum Gasteiger partial charge on any atom is 0.384 e. The zero-order valence-electron chi connectivity index (χ0n) is 10.3. The summed E-state index contributed by atoms with van der Waals surface area (Å²) in [6.07, 6.45) is 0.0521. The Kier molecular flexibility index (Phi) is 6.56. The molecule has 0 saturated carbocycles. The summed E-state index contributed by atoms with van der Waals surface area (Å²) in [6, 6.07) is 0. The number of methoxy groups -OCH3 is 1. The smallest absolute Gasteiger partial charge is 0.384 e. The van der Waals surface area contributed by atoms with Crippen LogP contribution in [0.2, 0.25) is 19.6 Å². The number of rotatable bonds is 2. The standard InChI is InChI=1S/C12H18O3Si/c1-15-12(14)9-5-7-11(13)8-6-10-16(2,3)4/h11,13H,7-8H2,1-4H3/t11-/m0/s1. The Morgan fingerprint density at radius 2 is 1.88 bits per heavy atom. The molecule has 0 spiro atoms. The van der Waals surface area contributed by atoms with Gasteiger partial charge in [-0.3, -0.25) is 0 Å². The van der Waals surface area contributed by atoms with Crippen LogP contribution in [0.1, 0.15) is 12.8 Å². The number of carbonyl (C=O) groups is 1. The van der Waals surface area contributed by atoms with Crippen molar-refractivity contribution in [3.05, 3.63) is 0 Å². The summed E-state index contributed by atoms with van der Waals surface area (Å²) in [5.41, 5.74) is 3.15. The molecule has 0 aliphatic carbocycles. The monoisotopic (exact) mass is 238 g/mol. The fraction of sp³-hybridized carbons (Fsp3) is 0.583. The van der Waals surface area contributed by atoms with Crippen LogP contribution in [0.5, 0.6) is 0 Å². The predicted octanol–water partition coefficient (Wildman–Crippen LogP) is 1.18. The van der Waals surface area contributed by atoms with E-state index in [1.807, 2.05) is 0 Å². The summed E-state index contributed by atoms with van der Waals surface area (Å²) in [6.45, 7) is 6.43. The summed E-state index contributed by atoms with van der Waals surface area (Å²) < 4.78 is 4.34. The Bertz CT molecular complexity index is 346. The molecule has 1 atom stereocenters. The molecular formula is C12H18O3Si. The Balaban J connectivity index is 3.98. The van der Waals surface area contributed by atoms with E-state index < -0.39 is 20.1 Å². The largest absolute Gasteiger partial charge is 0.459 e. The van der Waals surface area contributed by atoms with Gasteiger partial charge in [0, 0.05) is 18.8 Å². The lowest BCUT2D eigenvalue weighted by Gasteiger charge is -2.04. The Morgan fingerprint density at radius 1 is 1.31 bits per heavy atom. The van der Waals surface area contributed by atoms with Gasteiger partial charge in [-0.15, -0.1) is 11.5 Å². The van der Waals surface area contributed by atoms with E-state index in [1.54, 1.807) is 0 Å². The van der Waals surface area contributed by atoms with Crippen molar-refractivity contribution in [1.29, 1.82) is 0 Å². The van der Waals surface area contributed by atoms with Crippen LogP contribution in [0.3, 0.4) is 0 Å². The molecule has 0 aliphatic rings. The van der Waals surface area contributed by atoms with Gasteiger partial charge in [-0.2, -0.15) is 0 Å².